The molecule has 1 atom stereocenters. The maximum atomic E-state index is 12.0. The van der Waals surface area contributed by atoms with Crippen molar-refractivity contribution in [3.8, 4) is 5.75 Å². The summed E-state index contributed by atoms with van der Waals surface area (Å²) in [6.07, 6.45) is 1.32. The Kier molecular flexibility index (Phi) is 8.15. The fourth-order valence-corrected chi connectivity index (χ4v) is 2.35. The third kappa shape index (κ3) is 6.97. The number of carbonyl (C=O) groups is 2. The molecule has 1 aromatic carbocycles. The highest BCUT2D eigenvalue weighted by atomic mass is 16.5. The molecule has 0 radical (unpaired) electrons. The van der Waals surface area contributed by atoms with Crippen molar-refractivity contribution in [2.24, 2.45) is 0 Å². The van der Waals surface area contributed by atoms with Crippen LogP contribution in [0.1, 0.15) is 25.5 Å². The summed E-state index contributed by atoms with van der Waals surface area (Å²) in [6, 6.07) is 7.90. The van der Waals surface area contributed by atoms with Gasteiger partial charge in [-0.3, -0.25) is 9.59 Å². The largest absolute Gasteiger partial charge is 0.491 e. The lowest BCUT2D eigenvalue weighted by Crippen LogP contribution is -2.41. The van der Waals surface area contributed by atoms with Crippen LogP contribution in [0.5, 0.6) is 5.75 Å². The first kappa shape index (κ1) is 20.7. The van der Waals surface area contributed by atoms with Gasteiger partial charge in [-0.1, -0.05) is 18.7 Å². The van der Waals surface area contributed by atoms with E-state index in [-0.39, 0.29) is 30.5 Å². The molecular weight excluding hydrogens is 318 g/mol. The Morgan fingerprint density at radius 1 is 1.20 bits per heavy atom. The Bertz CT molecular complexity index is 582. The Hall–Kier alpha value is -2.34. The monoisotopic (exact) mass is 347 g/mol. The number of carbonyl (C=O) groups excluding carboxylic acids is 2. The molecule has 1 aromatic rings. The maximum Gasteiger partial charge on any atom is 0.246 e. The van der Waals surface area contributed by atoms with Crippen molar-refractivity contribution in [3.63, 3.8) is 0 Å². The zero-order chi connectivity index (χ0) is 19.0. The van der Waals surface area contributed by atoms with E-state index in [0.717, 1.165) is 11.3 Å². The molecule has 138 valence electrons. The number of amides is 2. The minimum Gasteiger partial charge on any atom is -0.491 e. The molecule has 0 heterocycles. The minimum atomic E-state index is -0.278. The van der Waals surface area contributed by atoms with Crippen LogP contribution in [0.2, 0.25) is 0 Å². The van der Waals surface area contributed by atoms with Gasteiger partial charge < -0.3 is 19.9 Å². The number of nitrogens with one attached hydrogen (secondary N) is 1. The molecule has 1 unspecified atom stereocenters. The zero-order valence-electron chi connectivity index (χ0n) is 15.8. The number of ether oxygens (including phenoxy) is 1. The second kappa shape index (κ2) is 9.84. The molecule has 0 aliphatic heterocycles. The summed E-state index contributed by atoms with van der Waals surface area (Å²) in [5.41, 5.74) is 1.08. The number of nitrogens with zero attached hydrogens (tertiary/aromatic N) is 2. The standard InChI is InChI=1S/C19H29N3O3/c1-7-19(24)22(6)13-18(23)20-12-17(21(4)5)15-8-10-16(11-9-15)25-14(2)3/h7-11,14,17H,1,12-13H2,2-6H3,(H,20,23). The maximum absolute atomic E-state index is 12.0. The Labute approximate surface area is 150 Å². The molecule has 2 amide bonds. The first-order chi connectivity index (χ1) is 11.7. The van der Waals surface area contributed by atoms with Crippen molar-refractivity contribution in [2.75, 3.05) is 34.2 Å². The smallest absolute Gasteiger partial charge is 0.246 e. The molecular formula is C19H29N3O3. The molecule has 6 nitrogen and oxygen atoms in total. The van der Waals surface area contributed by atoms with Gasteiger partial charge in [-0.05, 0) is 51.7 Å². The molecule has 6 heteroatoms. The van der Waals surface area contributed by atoms with Crippen LogP contribution < -0.4 is 10.1 Å². The van der Waals surface area contributed by atoms with Gasteiger partial charge in [0, 0.05) is 13.6 Å². The molecule has 0 fully saturated rings. The summed E-state index contributed by atoms with van der Waals surface area (Å²) in [6.45, 7) is 7.84. The van der Waals surface area contributed by atoms with Crippen LogP contribution in [0.4, 0.5) is 0 Å². The van der Waals surface area contributed by atoms with E-state index in [9.17, 15) is 9.59 Å². The van der Waals surface area contributed by atoms with Crippen LogP contribution in [0.25, 0.3) is 0 Å². The average molecular weight is 347 g/mol. The first-order valence-electron chi connectivity index (χ1n) is 8.31. The number of benzene rings is 1. The van der Waals surface area contributed by atoms with Crippen LogP contribution >= 0.6 is 0 Å². The summed E-state index contributed by atoms with van der Waals surface area (Å²) in [7, 11) is 5.49. The van der Waals surface area contributed by atoms with Crippen LogP contribution in [-0.2, 0) is 9.59 Å². The number of likely N-dealkylation sites (N-methyl/N-ethyl adjacent to an activating group) is 2. The summed E-state index contributed by atoms with van der Waals surface area (Å²) in [5, 5.41) is 2.88. The van der Waals surface area contributed by atoms with Crippen molar-refractivity contribution in [3.05, 3.63) is 42.5 Å². The van der Waals surface area contributed by atoms with E-state index in [1.165, 1.54) is 11.0 Å². The summed E-state index contributed by atoms with van der Waals surface area (Å²) < 4.78 is 5.66. The third-order valence-electron chi connectivity index (χ3n) is 3.68. The predicted octanol–water partition coefficient (Wildman–Crippen LogP) is 1.84. The van der Waals surface area contributed by atoms with Crippen molar-refractivity contribution >= 4 is 11.8 Å². The molecule has 0 aliphatic carbocycles. The van der Waals surface area contributed by atoms with Crippen LogP contribution in [-0.4, -0.2) is 62.0 Å². The quantitative estimate of drug-likeness (QED) is 0.693. The van der Waals surface area contributed by atoms with E-state index in [1.807, 2.05) is 57.1 Å². The van der Waals surface area contributed by atoms with E-state index < -0.39 is 0 Å². The van der Waals surface area contributed by atoms with Gasteiger partial charge in [0.2, 0.25) is 11.8 Å². The van der Waals surface area contributed by atoms with E-state index in [2.05, 4.69) is 11.9 Å². The fraction of sp³-hybridized carbons (Fsp3) is 0.474. The SMILES string of the molecule is C=CC(=O)N(C)CC(=O)NCC(c1ccc(OC(C)C)cc1)N(C)C. The lowest BCUT2D eigenvalue weighted by atomic mass is 10.1. The van der Waals surface area contributed by atoms with Crippen LogP contribution in [0.15, 0.2) is 36.9 Å². The lowest BCUT2D eigenvalue weighted by molar-refractivity contribution is -0.131. The summed E-state index contributed by atoms with van der Waals surface area (Å²) in [5.74, 6) is 0.342. The average Bonchev–Trinajstić information content (AvgIpc) is 2.54. The Balaban J connectivity index is 2.67. The topological polar surface area (TPSA) is 61.9 Å². The van der Waals surface area contributed by atoms with Crippen LogP contribution in [0.3, 0.4) is 0 Å². The Morgan fingerprint density at radius 3 is 2.28 bits per heavy atom. The van der Waals surface area contributed by atoms with Gasteiger partial charge in [-0.2, -0.15) is 0 Å². The molecule has 1 N–H and O–H groups in total. The highest BCUT2D eigenvalue weighted by Gasteiger charge is 2.17. The van der Waals surface area contributed by atoms with E-state index in [0.29, 0.717) is 6.54 Å². The molecule has 0 saturated carbocycles. The van der Waals surface area contributed by atoms with Crippen molar-refractivity contribution in [1.29, 1.82) is 0 Å². The first-order valence-corrected chi connectivity index (χ1v) is 8.31. The zero-order valence-corrected chi connectivity index (χ0v) is 15.8. The van der Waals surface area contributed by atoms with E-state index in [1.54, 1.807) is 7.05 Å². The van der Waals surface area contributed by atoms with Crippen molar-refractivity contribution in [1.82, 2.24) is 15.1 Å². The van der Waals surface area contributed by atoms with E-state index in [4.69, 9.17) is 4.74 Å². The van der Waals surface area contributed by atoms with Gasteiger partial charge in [-0.25, -0.2) is 0 Å². The van der Waals surface area contributed by atoms with Crippen molar-refractivity contribution in [2.45, 2.75) is 26.0 Å². The molecule has 25 heavy (non-hydrogen) atoms. The number of hydrogen-bond donors (Lipinski definition) is 1. The van der Waals surface area contributed by atoms with Gasteiger partial charge in [0.25, 0.3) is 0 Å². The molecule has 0 saturated heterocycles. The Morgan fingerprint density at radius 2 is 1.80 bits per heavy atom. The lowest BCUT2D eigenvalue weighted by Gasteiger charge is -2.26. The summed E-state index contributed by atoms with van der Waals surface area (Å²) >= 11 is 0. The summed E-state index contributed by atoms with van der Waals surface area (Å²) in [4.78, 5) is 26.8. The molecule has 1 rings (SSSR count). The second-order valence-electron chi connectivity index (χ2n) is 6.42. The van der Waals surface area contributed by atoms with Gasteiger partial charge in [0.05, 0.1) is 18.7 Å². The highest BCUT2D eigenvalue weighted by Crippen LogP contribution is 2.21. The van der Waals surface area contributed by atoms with Crippen LogP contribution in [0, 0.1) is 0 Å². The third-order valence-corrected chi connectivity index (χ3v) is 3.68. The number of rotatable bonds is 9. The normalized spacial score (nSPS) is 12.0. The number of hydrogen-bond acceptors (Lipinski definition) is 4. The van der Waals surface area contributed by atoms with Gasteiger partial charge in [-0.15, -0.1) is 0 Å². The highest BCUT2D eigenvalue weighted by molar-refractivity contribution is 5.90. The molecule has 0 aliphatic rings. The van der Waals surface area contributed by atoms with Gasteiger partial charge in [0.1, 0.15) is 5.75 Å². The molecule has 0 aromatic heterocycles. The van der Waals surface area contributed by atoms with Gasteiger partial charge >= 0.3 is 0 Å². The molecule has 0 bridgehead atoms. The minimum absolute atomic E-state index is 0.00612. The second-order valence-corrected chi connectivity index (χ2v) is 6.42. The van der Waals surface area contributed by atoms with E-state index >= 15 is 0 Å². The predicted molar refractivity (Wildman–Crippen MR) is 99.5 cm³/mol. The fourth-order valence-electron chi connectivity index (χ4n) is 2.35. The van der Waals surface area contributed by atoms with Gasteiger partial charge in [0.15, 0.2) is 0 Å². The van der Waals surface area contributed by atoms with Crippen molar-refractivity contribution < 1.29 is 14.3 Å². The molecule has 0 spiro atoms.